The van der Waals surface area contributed by atoms with Crippen LogP contribution in [0.4, 0.5) is 9.39 Å². The fourth-order valence-corrected chi connectivity index (χ4v) is 3.86. The van der Waals surface area contributed by atoms with Crippen LogP contribution in [0.3, 0.4) is 0 Å². The summed E-state index contributed by atoms with van der Waals surface area (Å²) in [6.07, 6.45) is 1.74. The summed E-state index contributed by atoms with van der Waals surface area (Å²) in [6.45, 7) is 5.80. The van der Waals surface area contributed by atoms with Crippen molar-refractivity contribution < 1.29 is 18.7 Å². The van der Waals surface area contributed by atoms with E-state index in [1.54, 1.807) is 29.8 Å². The number of anilines is 1. The van der Waals surface area contributed by atoms with Crippen molar-refractivity contribution in [3.05, 3.63) is 52.3 Å². The van der Waals surface area contributed by atoms with Crippen LogP contribution in [0.5, 0.6) is 0 Å². The van der Waals surface area contributed by atoms with Crippen LogP contribution in [-0.4, -0.2) is 23.1 Å². The Bertz CT molecular complexity index is 990. The number of fused-ring (bicyclic) bond motifs is 1. The lowest BCUT2D eigenvalue weighted by Crippen LogP contribution is -2.19. The SMILES string of the molecule is CCOC(=O)c1c(NC(=O)Cn2ccc3cc(F)ccc32)sc(C)c1C. The number of ether oxygens (including phenoxy) is 1. The molecule has 0 spiro atoms. The molecule has 5 nitrogen and oxygen atoms in total. The molecular formula is C19H19FN2O3S. The molecule has 1 N–H and O–H groups in total. The fourth-order valence-electron chi connectivity index (χ4n) is 2.79. The Kier molecular flexibility index (Phi) is 5.08. The van der Waals surface area contributed by atoms with Crippen molar-refractivity contribution in [2.24, 2.45) is 0 Å². The standard InChI is InChI=1S/C19H19FN2O3S/c1-4-25-19(24)17-11(2)12(3)26-18(17)21-16(23)10-22-8-7-13-9-14(20)5-6-15(13)22/h5-9H,4,10H2,1-3H3,(H,21,23). The first-order valence-electron chi connectivity index (χ1n) is 8.22. The Morgan fingerprint density at radius 2 is 2.04 bits per heavy atom. The van der Waals surface area contributed by atoms with Gasteiger partial charge in [-0.05, 0) is 50.6 Å². The van der Waals surface area contributed by atoms with Crippen molar-refractivity contribution in [3.63, 3.8) is 0 Å². The largest absolute Gasteiger partial charge is 0.462 e. The van der Waals surface area contributed by atoms with Gasteiger partial charge in [0.25, 0.3) is 0 Å². The third-order valence-electron chi connectivity index (χ3n) is 4.16. The van der Waals surface area contributed by atoms with Crippen LogP contribution >= 0.6 is 11.3 Å². The van der Waals surface area contributed by atoms with Gasteiger partial charge in [-0.2, -0.15) is 0 Å². The number of halogens is 1. The zero-order chi connectivity index (χ0) is 18.8. The molecule has 0 aliphatic heterocycles. The van der Waals surface area contributed by atoms with Gasteiger partial charge in [-0.1, -0.05) is 0 Å². The number of aromatic nitrogens is 1. The second-order valence-corrected chi connectivity index (χ2v) is 7.13. The molecule has 2 heterocycles. The van der Waals surface area contributed by atoms with Crippen LogP contribution in [0.15, 0.2) is 30.5 Å². The van der Waals surface area contributed by atoms with Gasteiger partial charge in [0.2, 0.25) is 5.91 Å². The van der Waals surface area contributed by atoms with Crippen LogP contribution in [0.25, 0.3) is 10.9 Å². The molecule has 136 valence electrons. The lowest BCUT2D eigenvalue weighted by molar-refractivity contribution is -0.116. The van der Waals surface area contributed by atoms with Gasteiger partial charge < -0.3 is 14.6 Å². The van der Waals surface area contributed by atoms with E-state index in [1.165, 1.54) is 23.5 Å². The molecule has 7 heteroatoms. The van der Waals surface area contributed by atoms with E-state index in [0.717, 1.165) is 21.3 Å². The summed E-state index contributed by atoms with van der Waals surface area (Å²) in [5, 5.41) is 4.03. The van der Waals surface area contributed by atoms with E-state index in [1.807, 2.05) is 13.8 Å². The Morgan fingerprint density at radius 1 is 1.27 bits per heavy atom. The molecule has 0 atom stereocenters. The van der Waals surface area contributed by atoms with Gasteiger partial charge in [-0.25, -0.2) is 9.18 Å². The lowest BCUT2D eigenvalue weighted by Gasteiger charge is -2.08. The Labute approximate surface area is 154 Å². The Hall–Kier alpha value is -2.67. The van der Waals surface area contributed by atoms with E-state index in [4.69, 9.17) is 4.74 Å². The van der Waals surface area contributed by atoms with Crippen LogP contribution in [0, 0.1) is 19.7 Å². The number of thiophene rings is 1. The van der Waals surface area contributed by atoms with Crippen molar-refractivity contribution in [2.75, 3.05) is 11.9 Å². The number of hydrogen-bond donors (Lipinski definition) is 1. The number of nitrogens with zero attached hydrogens (tertiary/aromatic N) is 1. The topological polar surface area (TPSA) is 60.3 Å². The van der Waals surface area contributed by atoms with E-state index in [-0.39, 0.29) is 24.9 Å². The quantitative estimate of drug-likeness (QED) is 0.678. The van der Waals surface area contributed by atoms with E-state index in [9.17, 15) is 14.0 Å². The number of nitrogens with one attached hydrogen (secondary N) is 1. The summed E-state index contributed by atoms with van der Waals surface area (Å²) >= 11 is 1.35. The van der Waals surface area contributed by atoms with Crippen LogP contribution in [-0.2, 0) is 16.1 Å². The number of benzene rings is 1. The molecule has 0 bridgehead atoms. The van der Waals surface area contributed by atoms with Crippen LogP contribution in [0.2, 0.25) is 0 Å². The molecule has 3 aromatic rings. The minimum absolute atomic E-state index is 0.0629. The number of esters is 1. The second kappa shape index (κ2) is 7.29. The highest BCUT2D eigenvalue weighted by Gasteiger charge is 2.22. The number of aryl methyl sites for hydroxylation is 1. The fraction of sp³-hybridized carbons (Fsp3) is 0.263. The Balaban J connectivity index is 1.82. The van der Waals surface area contributed by atoms with Crippen molar-refractivity contribution in [2.45, 2.75) is 27.3 Å². The first-order valence-corrected chi connectivity index (χ1v) is 9.03. The molecule has 0 saturated heterocycles. The molecule has 1 aromatic carbocycles. The van der Waals surface area contributed by atoms with Crippen molar-refractivity contribution in [3.8, 4) is 0 Å². The maximum absolute atomic E-state index is 13.3. The number of carbonyl (C=O) groups is 2. The van der Waals surface area contributed by atoms with E-state index in [0.29, 0.717) is 10.6 Å². The summed E-state index contributed by atoms with van der Waals surface area (Å²) in [5.74, 6) is -1.02. The zero-order valence-electron chi connectivity index (χ0n) is 14.8. The monoisotopic (exact) mass is 374 g/mol. The molecule has 3 rings (SSSR count). The molecule has 0 fully saturated rings. The summed E-state index contributed by atoms with van der Waals surface area (Å²) in [4.78, 5) is 25.6. The molecule has 0 aliphatic rings. The van der Waals surface area contributed by atoms with E-state index >= 15 is 0 Å². The maximum atomic E-state index is 13.3. The molecular weight excluding hydrogens is 355 g/mol. The van der Waals surface area contributed by atoms with Crippen LogP contribution < -0.4 is 5.32 Å². The van der Waals surface area contributed by atoms with Gasteiger partial charge in [-0.3, -0.25) is 4.79 Å². The molecule has 26 heavy (non-hydrogen) atoms. The highest BCUT2D eigenvalue weighted by molar-refractivity contribution is 7.16. The predicted octanol–water partition coefficient (Wildman–Crippen LogP) is 4.27. The number of hydrogen-bond acceptors (Lipinski definition) is 4. The Morgan fingerprint density at radius 3 is 2.77 bits per heavy atom. The molecule has 0 unspecified atom stereocenters. The van der Waals surface area contributed by atoms with Gasteiger partial charge in [-0.15, -0.1) is 11.3 Å². The smallest absolute Gasteiger partial charge is 0.341 e. The number of rotatable bonds is 5. The summed E-state index contributed by atoms with van der Waals surface area (Å²) in [6, 6.07) is 6.19. The summed E-state index contributed by atoms with van der Waals surface area (Å²) in [7, 11) is 0. The van der Waals surface area contributed by atoms with E-state index in [2.05, 4.69) is 5.32 Å². The maximum Gasteiger partial charge on any atom is 0.341 e. The van der Waals surface area contributed by atoms with Gasteiger partial charge in [0.15, 0.2) is 0 Å². The third-order valence-corrected chi connectivity index (χ3v) is 5.29. The minimum atomic E-state index is -0.438. The molecule has 2 aromatic heterocycles. The average molecular weight is 374 g/mol. The highest BCUT2D eigenvalue weighted by atomic mass is 32.1. The normalized spacial score (nSPS) is 10.9. The van der Waals surface area contributed by atoms with Gasteiger partial charge >= 0.3 is 5.97 Å². The summed E-state index contributed by atoms with van der Waals surface area (Å²) in [5.41, 5.74) is 1.98. The highest BCUT2D eigenvalue weighted by Crippen LogP contribution is 2.33. The zero-order valence-corrected chi connectivity index (χ0v) is 15.6. The van der Waals surface area contributed by atoms with Crippen molar-refractivity contribution in [1.82, 2.24) is 4.57 Å². The summed E-state index contributed by atoms with van der Waals surface area (Å²) < 4.78 is 20.1. The first kappa shape index (κ1) is 18.1. The minimum Gasteiger partial charge on any atom is -0.462 e. The first-order chi connectivity index (χ1) is 12.4. The third kappa shape index (κ3) is 3.48. The number of carbonyl (C=O) groups excluding carboxylic acids is 2. The molecule has 1 amide bonds. The second-order valence-electron chi connectivity index (χ2n) is 5.90. The van der Waals surface area contributed by atoms with Gasteiger partial charge in [0.05, 0.1) is 12.2 Å². The van der Waals surface area contributed by atoms with Crippen LogP contribution in [0.1, 0.15) is 27.7 Å². The number of amides is 1. The predicted molar refractivity (Wildman–Crippen MR) is 100 cm³/mol. The van der Waals surface area contributed by atoms with Gasteiger partial charge in [0, 0.05) is 22.0 Å². The van der Waals surface area contributed by atoms with Crippen molar-refractivity contribution in [1.29, 1.82) is 0 Å². The molecule has 0 saturated carbocycles. The molecule has 0 radical (unpaired) electrons. The lowest BCUT2D eigenvalue weighted by atomic mass is 10.1. The van der Waals surface area contributed by atoms with Gasteiger partial charge in [0.1, 0.15) is 17.4 Å². The molecule has 0 aliphatic carbocycles. The van der Waals surface area contributed by atoms with E-state index < -0.39 is 5.97 Å². The average Bonchev–Trinajstić information content (AvgIpc) is 3.08. The van der Waals surface area contributed by atoms with Crippen molar-refractivity contribution >= 4 is 39.1 Å².